The van der Waals surface area contributed by atoms with Gasteiger partial charge in [0, 0.05) is 17.8 Å². The van der Waals surface area contributed by atoms with Crippen LogP contribution in [0.2, 0.25) is 0 Å². The van der Waals surface area contributed by atoms with Crippen LogP contribution in [0.15, 0.2) is 22.6 Å². The van der Waals surface area contributed by atoms with Crippen LogP contribution in [0.4, 0.5) is 0 Å². The lowest BCUT2D eigenvalue weighted by Gasteiger charge is -2.62. The van der Waals surface area contributed by atoms with Crippen LogP contribution in [0, 0.1) is 46.3 Å². The molecule has 270 valence electrons. The Kier molecular flexibility index (Phi) is 9.23. The number of carbonyl (C=O) groups excluding carboxylic acids is 5. The van der Waals surface area contributed by atoms with Gasteiger partial charge in [-0.25, -0.2) is 0 Å². The van der Waals surface area contributed by atoms with Gasteiger partial charge in [0.1, 0.15) is 29.0 Å². The molecule has 8 nitrogen and oxygen atoms in total. The minimum Gasteiger partial charge on any atom is -0.506 e. The van der Waals surface area contributed by atoms with Gasteiger partial charge in [-0.3, -0.25) is 24.0 Å². The summed E-state index contributed by atoms with van der Waals surface area (Å²) in [4.78, 5) is 69.9. The number of Topliss-reactive ketones (excluding diaryl/α,β-unsaturated/α-hetero) is 5. The minimum atomic E-state index is -2.72. The van der Waals surface area contributed by atoms with Crippen molar-refractivity contribution in [3.63, 3.8) is 0 Å². The summed E-state index contributed by atoms with van der Waals surface area (Å²) in [5.41, 5.74) is -3.46. The van der Waals surface area contributed by atoms with Gasteiger partial charge in [-0.2, -0.15) is 0 Å². The Labute approximate surface area is 295 Å². The molecule has 6 atom stereocenters. The van der Waals surface area contributed by atoms with E-state index in [9.17, 15) is 34.2 Å². The lowest BCUT2D eigenvalue weighted by molar-refractivity contribution is -0.205. The molecule has 4 aliphatic carbocycles. The van der Waals surface area contributed by atoms with Crippen LogP contribution in [0.5, 0.6) is 5.75 Å². The van der Waals surface area contributed by atoms with Crippen molar-refractivity contribution in [3.05, 3.63) is 40.6 Å². The van der Waals surface area contributed by atoms with E-state index in [4.69, 9.17) is 4.42 Å². The second kappa shape index (κ2) is 12.7. The Morgan fingerprint density at radius 2 is 1.62 bits per heavy atom. The molecular formula is C42H54O8. The number of aliphatic hydroxyl groups is 1. The fourth-order valence-corrected chi connectivity index (χ4v) is 11.0. The van der Waals surface area contributed by atoms with Gasteiger partial charge < -0.3 is 14.6 Å². The van der Waals surface area contributed by atoms with Crippen molar-refractivity contribution in [2.75, 3.05) is 0 Å². The summed E-state index contributed by atoms with van der Waals surface area (Å²) in [5.74, 6) is -6.37. The van der Waals surface area contributed by atoms with E-state index in [2.05, 4.69) is 6.92 Å². The van der Waals surface area contributed by atoms with Gasteiger partial charge in [-0.1, -0.05) is 74.1 Å². The summed E-state index contributed by atoms with van der Waals surface area (Å²) < 4.78 is 6.34. The molecule has 50 heavy (non-hydrogen) atoms. The Morgan fingerprint density at radius 1 is 0.980 bits per heavy atom. The van der Waals surface area contributed by atoms with E-state index in [1.54, 1.807) is 20.8 Å². The zero-order valence-corrected chi connectivity index (χ0v) is 31.0. The highest BCUT2D eigenvalue weighted by Gasteiger charge is 2.76. The first kappa shape index (κ1) is 36.4. The van der Waals surface area contributed by atoms with Crippen LogP contribution in [-0.4, -0.2) is 44.7 Å². The maximum absolute atomic E-state index is 14.7. The predicted octanol–water partition coefficient (Wildman–Crippen LogP) is 7.63. The standard InChI is InChI=1S/C42H54O8/c1-9-10-24-11-13-25(14-12-24)17-26-15-16-30(50-26)28-18-27(21(2)3)29-19-40(7)20-41(8)33(22(4)5)36(45)31(23(6)43)38(47)42(41,49)39(48)34(40)37(46)32(29)35(28)44/h15-16,18,21-22,24-25,31,33-34,44,49H,9-14,17,19-20H2,1-8H3/t24?,25?,31?,33?,34?,40-,41-,42+/m1/s1. The molecule has 1 heterocycles. The van der Waals surface area contributed by atoms with E-state index in [1.165, 1.54) is 25.7 Å². The second-order valence-electron chi connectivity index (χ2n) is 17.3. The van der Waals surface area contributed by atoms with Crippen molar-refractivity contribution < 1.29 is 38.6 Å². The van der Waals surface area contributed by atoms with Crippen molar-refractivity contribution in [3.8, 4) is 17.1 Å². The third-order valence-electron chi connectivity index (χ3n) is 13.1. The molecule has 0 saturated heterocycles. The van der Waals surface area contributed by atoms with Crippen molar-refractivity contribution >= 4 is 28.9 Å². The van der Waals surface area contributed by atoms with Gasteiger partial charge in [0.2, 0.25) is 0 Å². The van der Waals surface area contributed by atoms with Crippen LogP contribution in [0.1, 0.15) is 133 Å². The highest BCUT2D eigenvalue weighted by molar-refractivity contribution is 6.32. The minimum absolute atomic E-state index is 0.0179. The fraction of sp³-hybridized carbons (Fsp3) is 0.643. The summed E-state index contributed by atoms with van der Waals surface area (Å²) in [6.45, 7) is 14.4. The smallest absolute Gasteiger partial charge is 0.190 e. The average Bonchev–Trinajstić information content (AvgIpc) is 3.47. The van der Waals surface area contributed by atoms with Crippen LogP contribution < -0.4 is 0 Å². The van der Waals surface area contributed by atoms with Crippen LogP contribution in [0.3, 0.4) is 0 Å². The van der Waals surface area contributed by atoms with Crippen molar-refractivity contribution in [2.45, 2.75) is 125 Å². The number of rotatable bonds is 8. The summed E-state index contributed by atoms with van der Waals surface area (Å²) >= 11 is 0. The lowest BCUT2D eigenvalue weighted by Crippen LogP contribution is -2.76. The SMILES string of the molecule is CCCC1CCC(Cc2ccc(-c3cc(C(C)C)c4c(c3O)C(=O)C3C(=O)[C@@]5(O)C(=O)C(C(C)=O)C(=O)C(C(C)C)[C@@]5(C)C[C@@]3(C)C4)o2)CC1. The zero-order valence-electron chi connectivity index (χ0n) is 31.0. The lowest BCUT2D eigenvalue weighted by atomic mass is 9.39. The highest BCUT2D eigenvalue weighted by Crippen LogP contribution is 2.64. The Bertz CT molecular complexity index is 1750. The van der Waals surface area contributed by atoms with Gasteiger partial charge >= 0.3 is 0 Å². The molecule has 1 aromatic carbocycles. The molecular weight excluding hydrogens is 632 g/mol. The molecule has 3 saturated carbocycles. The molecule has 2 N–H and O–H groups in total. The summed E-state index contributed by atoms with van der Waals surface area (Å²) in [5, 5.41) is 24.2. The molecule has 0 radical (unpaired) electrons. The number of carbonyl (C=O) groups is 5. The normalized spacial score (nSPS) is 34.2. The van der Waals surface area contributed by atoms with Crippen molar-refractivity contribution in [1.29, 1.82) is 0 Å². The van der Waals surface area contributed by atoms with E-state index in [-0.39, 0.29) is 36.0 Å². The van der Waals surface area contributed by atoms with Crippen molar-refractivity contribution in [1.82, 2.24) is 0 Å². The summed E-state index contributed by atoms with van der Waals surface area (Å²) in [6, 6.07) is 5.65. The fourth-order valence-electron chi connectivity index (χ4n) is 11.0. The van der Waals surface area contributed by atoms with Crippen LogP contribution in [-0.2, 0) is 32.0 Å². The number of phenolic OH excluding ortho intramolecular Hbond substituents is 1. The Hall–Kier alpha value is -3.39. The maximum atomic E-state index is 14.7. The van der Waals surface area contributed by atoms with Gasteiger partial charge in [0.15, 0.2) is 28.7 Å². The monoisotopic (exact) mass is 686 g/mol. The largest absolute Gasteiger partial charge is 0.506 e. The number of phenols is 1. The molecule has 1 aromatic heterocycles. The van der Waals surface area contributed by atoms with E-state index in [1.807, 2.05) is 39.0 Å². The molecule has 0 amide bonds. The predicted molar refractivity (Wildman–Crippen MR) is 189 cm³/mol. The molecule has 0 spiro atoms. The average molecular weight is 687 g/mol. The first-order valence-electron chi connectivity index (χ1n) is 18.8. The Balaban J connectivity index is 1.41. The molecule has 3 unspecified atom stereocenters. The third-order valence-corrected chi connectivity index (χ3v) is 13.1. The molecule has 6 rings (SSSR count). The van der Waals surface area contributed by atoms with Gasteiger partial charge in [-0.15, -0.1) is 0 Å². The molecule has 0 bridgehead atoms. The first-order chi connectivity index (χ1) is 23.4. The third kappa shape index (κ3) is 5.29. The first-order valence-corrected chi connectivity index (χ1v) is 18.8. The number of hydrogen-bond donors (Lipinski definition) is 2. The van der Waals surface area contributed by atoms with E-state index in [0.717, 1.165) is 43.4 Å². The topological polar surface area (TPSA) is 139 Å². The van der Waals surface area contributed by atoms with Crippen LogP contribution >= 0.6 is 0 Å². The number of benzene rings is 1. The maximum Gasteiger partial charge on any atom is 0.190 e. The highest BCUT2D eigenvalue weighted by atomic mass is 16.3. The Morgan fingerprint density at radius 3 is 2.20 bits per heavy atom. The number of ketones is 5. The number of fused-ring (bicyclic) bond motifs is 3. The van der Waals surface area contributed by atoms with Gasteiger partial charge in [0.05, 0.1) is 17.0 Å². The molecule has 3 fully saturated rings. The quantitative estimate of drug-likeness (QED) is 0.271. The summed E-state index contributed by atoms with van der Waals surface area (Å²) in [6.07, 6.45) is 8.37. The van der Waals surface area contributed by atoms with Gasteiger partial charge in [-0.05, 0) is 91.0 Å². The zero-order chi connectivity index (χ0) is 36.7. The van der Waals surface area contributed by atoms with E-state index in [0.29, 0.717) is 22.8 Å². The molecule has 0 aliphatic heterocycles. The molecule has 8 heteroatoms. The van der Waals surface area contributed by atoms with E-state index < -0.39 is 63.1 Å². The molecule has 2 aromatic rings. The second-order valence-corrected chi connectivity index (χ2v) is 17.3. The van der Waals surface area contributed by atoms with Crippen molar-refractivity contribution in [2.24, 2.45) is 46.3 Å². The summed E-state index contributed by atoms with van der Waals surface area (Å²) in [7, 11) is 0. The number of furan rings is 1. The van der Waals surface area contributed by atoms with E-state index >= 15 is 0 Å². The molecule has 4 aliphatic rings. The number of hydrogen-bond acceptors (Lipinski definition) is 8. The van der Waals surface area contributed by atoms with Gasteiger partial charge in [0.25, 0.3) is 0 Å². The van der Waals surface area contributed by atoms with Crippen LogP contribution in [0.25, 0.3) is 11.3 Å². The number of aromatic hydroxyl groups is 1.